The molecule has 0 amide bonds. The lowest BCUT2D eigenvalue weighted by Crippen LogP contribution is -2.03. The number of thioether (sulfide) groups is 1. The molecule has 0 aliphatic rings. The lowest BCUT2D eigenvalue weighted by molar-refractivity contribution is 0.307. The van der Waals surface area contributed by atoms with Crippen LogP contribution in [0.25, 0.3) is 0 Å². The van der Waals surface area contributed by atoms with Gasteiger partial charge in [-0.1, -0.05) is 13.0 Å². The van der Waals surface area contributed by atoms with E-state index in [1.165, 1.54) is 0 Å². The fraction of sp³-hybridized carbons (Fsp3) is 0.667. The van der Waals surface area contributed by atoms with E-state index in [1.54, 1.807) is 17.8 Å². The monoisotopic (exact) mass is 132 g/mol. The molecule has 0 aromatic carbocycles. The molecule has 0 heterocycles. The Morgan fingerprint density at radius 1 is 1.88 bits per heavy atom. The third-order valence-corrected chi connectivity index (χ3v) is 1.93. The van der Waals surface area contributed by atoms with Gasteiger partial charge in [0.05, 0.1) is 6.61 Å². The van der Waals surface area contributed by atoms with Gasteiger partial charge in [0.15, 0.2) is 0 Å². The Kier molecular flexibility index (Phi) is 5.22. The smallest absolute Gasteiger partial charge is 0.0585 e. The number of aliphatic hydroxyl groups is 1. The minimum atomic E-state index is 0.210. The highest BCUT2D eigenvalue weighted by atomic mass is 32.2. The quantitative estimate of drug-likeness (QED) is 0.582. The van der Waals surface area contributed by atoms with Crippen molar-refractivity contribution >= 4 is 11.8 Å². The molecule has 0 fully saturated rings. The molecule has 1 unspecified atom stereocenters. The van der Waals surface area contributed by atoms with E-state index in [0.29, 0.717) is 0 Å². The third-order valence-electron chi connectivity index (χ3n) is 0.824. The molecule has 0 saturated carbocycles. The minimum absolute atomic E-state index is 0.210. The summed E-state index contributed by atoms with van der Waals surface area (Å²) in [7, 11) is 0. The number of hydrogen-bond donors (Lipinski definition) is 1. The van der Waals surface area contributed by atoms with Crippen LogP contribution in [0.4, 0.5) is 0 Å². The van der Waals surface area contributed by atoms with Crippen molar-refractivity contribution in [1.29, 1.82) is 0 Å². The predicted molar refractivity (Wildman–Crippen MR) is 39.2 cm³/mol. The van der Waals surface area contributed by atoms with Crippen molar-refractivity contribution in [2.75, 3.05) is 12.4 Å². The van der Waals surface area contributed by atoms with E-state index in [4.69, 9.17) is 5.11 Å². The summed E-state index contributed by atoms with van der Waals surface area (Å²) >= 11 is 1.71. The molecular weight excluding hydrogens is 120 g/mol. The van der Waals surface area contributed by atoms with E-state index in [0.717, 1.165) is 5.75 Å². The SMILES string of the molecule is C=CC(CO)SCC. The van der Waals surface area contributed by atoms with Crippen LogP contribution >= 0.6 is 11.8 Å². The molecule has 1 atom stereocenters. The molecule has 0 aromatic heterocycles. The Bertz CT molecular complexity index is 63.5. The van der Waals surface area contributed by atoms with Crippen molar-refractivity contribution in [2.45, 2.75) is 12.2 Å². The van der Waals surface area contributed by atoms with Gasteiger partial charge < -0.3 is 5.11 Å². The highest BCUT2D eigenvalue weighted by Gasteiger charge is 1.97. The third kappa shape index (κ3) is 3.10. The normalized spacial score (nSPS) is 13.2. The standard InChI is InChI=1S/C6H12OS/c1-3-6(5-7)8-4-2/h3,6-7H,1,4-5H2,2H3. The van der Waals surface area contributed by atoms with Crippen molar-refractivity contribution in [3.8, 4) is 0 Å². The molecule has 0 rings (SSSR count). The molecule has 0 aliphatic carbocycles. The molecule has 0 bridgehead atoms. The Labute approximate surface area is 54.8 Å². The summed E-state index contributed by atoms with van der Waals surface area (Å²) in [5.41, 5.74) is 0. The van der Waals surface area contributed by atoms with Crippen molar-refractivity contribution in [3.05, 3.63) is 12.7 Å². The molecule has 1 nitrogen and oxygen atoms in total. The fourth-order valence-corrected chi connectivity index (χ4v) is 1.08. The van der Waals surface area contributed by atoms with E-state index < -0.39 is 0 Å². The molecule has 8 heavy (non-hydrogen) atoms. The Balaban J connectivity index is 3.21. The van der Waals surface area contributed by atoms with Crippen LogP contribution in [0.3, 0.4) is 0 Å². The van der Waals surface area contributed by atoms with Gasteiger partial charge in [0.25, 0.3) is 0 Å². The van der Waals surface area contributed by atoms with Gasteiger partial charge in [0.2, 0.25) is 0 Å². The van der Waals surface area contributed by atoms with Crippen LogP contribution < -0.4 is 0 Å². The summed E-state index contributed by atoms with van der Waals surface area (Å²) in [6.45, 7) is 5.85. The molecule has 2 heteroatoms. The highest BCUT2D eigenvalue weighted by molar-refractivity contribution is 8.00. The van der Waals surface area contributed by atoms with Gasteiger partial charge >= 0.3 is 0 Å². The van der Waals surface area contributed by atoms with E-state index in [1.807, 2.05) is 0 Å². The zero-order chi connectivity index (χ0) is 6.41. The average molecular weight is 132 g/mol. The van der Waals surface area contributed by atoms with Crippen LogP contribution in [0.5, 0.6) is 0 Å². The van der Waals surface area contributed by atoms with Crippen LogP contribution in [0.1, 0.15) is 6.92 Å². The van der Waals surface area contributed by atoms with E-state index in [-0.39, 0.29) is 11.9 Å². The van der Waals surface area contributed by atoms with Gasteiger partial charge in [0, 0.05) is 5.25 Å². The van der Waals surface area contributed by atoms with Crippen LogP contribution in [0.15, 0.2) is 12.7 Å². The Morgan fingerprint density at radius 2 is 2.50 bits per heavy atom. The highest BCUT2D eigenvalue weighted by Crippen LogP contribution is 2.09. The van der Waals surface area contributed by atoms with Crippen LogP contribution in [-0.2, 0) is 0 Å². The van der Waals surface area contributed by atoms with Crippen molar-refractivity contribution < 1.29 is 5.11 Å². The molecule has 0 radical (unpaired) electrons. The van der Waals surface area contributed by atoms with Gasteiger partial charge in [0.1, 0.15) is 0 Å². The van der Waals surface area contributed by atoms with Gasteiger partial charge in [-0.25, -0.2) is 0 Å². The summed E-state index contributed by atoms with van der Waals surface area (Å²) < 4.78 is 0. The largest absolute Gasteiger partial charge is 0.395 e. The molecule has 0 aliphatic heterocycles. The van der Waals surface area contributed by atoms with Gasteiger partial charge in [-0.15, -0.1) is 6.58 Å². The van der Waals surface area contributed by atoms with Gasteiger partial charge in [-0.2, -0.15) is 11.8 Å². The van der Waals surface area contributed by atoms with E-state index in [9.17, 15) is 0 Å². The lowest BCUT2D eigenvalue weighted by Gasteiger charge is -2.03. The second kappa shape index (κ2) is 5.19. The summed E-state index contributed by atoms with van der Waals surface area (Å²) in [5.74, 6) is 1.04. The van der Waals surface area contributed by atoms with Crippen molar-refractivity contribution in [1.82, 2.24) is 0 Å². The molecule has 0 aromatic rings. The summed E-state index contributed by atoms with van der Waals surface area (Å²) in [5, 5.41) is 8.80. The lowest BCUT2D eigenvalue weighted by atomic mass is 10.4. The summed E-state index contributed by atoms with van der Waals surface area (Å²) in [6.07, 6.45) is 1.77. The first-order valence-electron chi connectivity index (χ1n) is 2.70. The molecular formula is C6H12OS. The van der Waals surface area contributed by atoms with E-state index in [2.05, 4.69) is 13.5 Å². The molecule has 1 N–H and O–H groups in total. The average Bonchev–Trinajstić information content (AvgIpc) is 1.83. The molecule has 0 spiro atoms. The minimum Gasteiger partial charge on any atom is -0.395 e. The fourth-order valence-electron chi connectivity index (χ4n) is 0.409. The number of aliphatic hydroxyl groups excluding tert-OH is 1. The first kappa shape index (κ1) is 8.05. The Hall–Kier alpha value is 0.0500. The summed E-state index contributed by atoms with van der Waals surface area (Å²) in [4.78, 5) is 0. The van der Waals surface area contributed by atoms with Gasteiger partial charge in [-0.05, 0) is 5.75 Å². The maximum atomic E-state index is 8.57. The van der Waals surface area contributed by atoms with Crippen LogP contribution in [-0.4, -0.2) is 22.7 Å². The maximum Gasteiger partial charge on any atom is 0.0585 e. The molecule has 0 saturated heterocycles. The predicted octanol–water partition coefficient (Wildman–Crippen LogP) is 1.29. The number of rotatable bonds is 4. The van der Waals surface area contributed by atoms with Crippen LogP contribution in [0, 0.1) is 0 Å². The van der Waals surface area contributed by atoms with Crippen LogP contribution in [0.2, 0.25) is 0 Å². The second-order valence-electron chi connectivity index (χ2n) is 1.41. The van der Waals surface area contributed by atoms with E-state index >= 15 is 0 Å². The van der Waals surface area contributed by atoms with Crippen molar-refractivity contribution in [2.24, 2.45) is 0 Å². The zero-order valence-electron chi connectivity index (χ0n) is 5.13. The maximum absolute atomic E-state index is 8.57. The first-order chi connectivity index (χ1) is 3.85. The first-order valence-corrected chi connectivity index (χ1v) is 3.75. The summed E-state index contributed by atoms with van der Waals surface area (Å²) in [6, 6.07) is 0. The topological polar surface area (TPSA) is 20.2 Å². The Morgan fingerprint density at radius 3 is 2.62 bits per heavy atom. The zero-order valence-corrected chi connectivity index (χ0v) is 5.95. The molecule has 48 valence electrons. The van der Waals surface area contributed by atoms with Gasteiger partial charge in [-0.3, -0.25) is 0 Å². The second-order valence-corrected chi connectivity index (χ2v) is 2.93. The van der Waals surface area contributed by atoms with Crippen molar-refractivity contribution in [3.63, 3.8) is 0 Å². The number of hydrogen-bond acceptors (Lipinski definition) is 2.